The molecule has 8 nitrogen and oxygen atoms in total. The molecule has 0 radical (unpaired) electrons. The monoisotopic (exact) mass is 585 g/mol. The van der Waals surface area contributed by atoms with Crippen LogP contribution >= 0.6 is 23.2 Å². The first-order valence-corrected chi connectivity index (χ1v) is 14.5. The minimum absolute atomic E-state index is 0.0203. The quantitative estimate of drug-likeness (QED) is 0.278. The number of sulfonamides is 1. The zero-order valence-corrected chi connectivity index (χ0v) is 23.6. The third-order valence-electron chi connectivity index (χ3n) is 6.14. The SMILES string of the molecule is CC(C)(C)OC(=O)N1CCC[C@H]1CCCOc1cccc(S(=O)(=O)Nc2ccc(Cl)c3c(Cl)c[nH]c23)c1F. The third kappa shape index (κ3) is 6.30. The molecular weight excluding hydrogens is 556 g/mol. The number of hydrogen-bond donors (Lipinski definition) is 2. The number of fused-ring (bicyclic) bond motifs is 1. The number of benzene rings is 2. The number of carbonyl (C=O) groups excluding carboxylic acids is 1. The summed E-state index contributed by atoms with van der Waals surface area (Å²) in [6.07, 6.45) is 4.11. The first kappa shape index (κ1) is 28.3. The van der Waals surface area contributed by atoms with Gasteiger partial charge in [-0.2, -0.15) is 0 Å². The molecule has 2 N–H and O–H groups in total. The fraction of sp³-hybridized carbons (Fsp3) is 0.423. The van der Waals surface area contributed by atoms with Gasteiger partial charge in [-0.25, -0.2) is 17.6 Å². The Hall–Kier alpha value is -2.69. The van der Waals surface area contributed by atoms with Gasteiger partial charge in [0.05, 0.1) is 27.9 Å². The van der Waals surface area contributed by atoms with Crippen molar-refractivity contribution in [2.24, 2.45) is 0 Å². The van der Waals surface area contributed by atoms with Crippen molar-refractivity contribution in [1.29, 1.82) is 0 Å². The van der Waals surface area contributed by atoms with Crippen molar-refractivity contribution in [3.8, 4) is 5.75 Å². The van der Waals surface area contributed by atoms with E-state index in [2.05, 4.69) is 9.71 Å². The summed E-state index contributed by atoms with van der Waals surface area (Å²) in [5.41, 5.74) is -0.0154. The Bertz CT molecular complexity index is 1440. The zero-order valence-electron chi connectivity index (χ0n) is 21.3. The van der Waals surface area contributed by atoms with Crippen LogP contribution in [0.3, 0.4) is 0 Å². The number of aromatic nitrogens is 1. The van der Waals surface area contributed by atoms with Gasteiger partial charge in [-0.3, -0.25) is 4.72 Å². The van der Waals surface area contributed by atoms with E-state index >= 15 is 4.39 Å². The molecule has 38 heavy (non-hydrogen) atoms. The van der Waals surface area contributed by atoms with E-state index in [9.17, 15) is 13.2 Å². The van der Waals surface area contributed by atoms with E-state index in [1.54, 1.807) is 4.90 Å². The Balaban J connectivity index is 1.40. The molecule has 0 spiro atoms. The number of hydrogen-bond acceptors (Lipinski definition) is 5. The maximum absolute atomic E-state index is 15.2. The summed E-state index contributed by atoms with van der Waals surface area (Å²) in [6.45, 7) is 6.28. The lowest BCUT2D eigenvalue weighted by molar-refractivity contribution is 0.0216. The van der Waals surface area contributed by atoms with Gasteiger partial charge >= 0.3 is 6.09 Å². The summed E-state index contributed by atoms with van der Waals surface area (Å²) in [7, 11) is -4.31. The fourth-order valence-electron chi connectivity index (χ4n) is 4.46. The Labute approximate surface area is 231 Å². The lowest BCUT2D eigenvalue weighted by Gasteiger charge is -2.28. The molecule has 1 aliphatic heterocycles. The van der Waals surface area contributed by atoms with Gasteiger partial charge in [0.15, 0.2) is 11.6 Å². The van der Waals surface area contributed by atoms with E-state index in [-0.39, 0.29) is 30.2 Å². The molecule has 4 rings (SSSR count). The van der Waals surface area contributed by atoms with Crippen LogP contribution in [0.1, 0.15) is 46.5 Å². The largest absolute Gasteiger partial charge is 0.490 e. The normalized spacial score (nSPS) is 16.2. The number of aromatic amines is 1. The third-order valence-corrected chi connectivity index (χ3v) is 8.14. The lowest BCUT2D eigenvalue weighted by atomic mass is 10.1. The van der Waals surface area contributed by atoms with E-state index in [0.29, 0.717) is 40.3 Å². The predicted molar refractivity (Wildman–Crippen MR) is 146 cm³/mol. The summed E-state index contributed by atoms with van der Waals surface area (Å²) >= 11 is 12.3. The highest BCUT2D eigenvalue weighted by molar-refractivity contribution is 7.92. The number of H-pyrrole nitrogens is 1. The van der Waals surface area contributed by atoms with Crippen molar-refractivity contribution >= 4 is 55.9 Å². The maximum atomic E-state index is 15.2. The molecule has 0 saturated carbocycles. The van der Waals surface area contributed by atoms with Crippen LogP contribution < -0.4 is 9.46 Å². The highest BCUT2D eigenvalue weighted by atomic mass is 35.5. The van der Waals surface area contributed by atoms with Crippen molar-refractivity contribution in [2.45, 2.75) is 63.0 Å². The molecule has 0 bridgehead atoms. The van der Waals surface area contributed by atoms with Gasteiger partial charge in [0.2, 0.25) is 0 Å². The number of rotatable bonds is 8. The lowest BCUT2D eigenvalue weighted by Crippen LogP contribution is -2.39. The number of halogens is 3. The van der Waals surface area contributed by atoms with Crippen molar-refractivity contribution in [1.82, 2.24) is 9.88 Å². The van der Waals surface area contributed by atoms with Crippen molar-refractivity contribution in [2.75, 3.05) is 17.9 Å². The maximum Gasteiger partial charge on any atom is 0.410 e. The topological polar surface area (TPSA) is 101 Å². The van der Waals surface area contributed by atoms with Crippen LogP contribution in [-0.2, 0) is 14.8 Å². The summed E-state index contributed by atoms with van der Waals surface area (Å²) in [4.78, 5) is 16.5. The number of carbonyl (C=O) groups is 1. The Morgan fingerprint density at radius 2 is 1.97 bits per heavy atom. The van der Waals surface area contributed by atoms with Crippen molar-refractivity contribution in [3.63, 3.8) is 0 Å². The summed E-state index contributed by atoms with van der Waals surface area (Å²) in [6, 6.07) is 6.95. The van der Waals surface area contributed by atoms with Crippen LogP contribution in [0, 0.1) is 5.82 Å². The number of likely N-dealkylation sites (tertiary alicyclic amines) is 1. The molecule has 1 aliphatic rings. The number of nitrogens with one attached hydrogen (secondary N) is 2. The number of nitrogens with zero attached hydrogens (tertiary/aromatic N) is 1. The van der Waals surface area contributed by atoms with E-state index in [1.807, 2.05) is 20.8 Å². The molecule has 2 heterocycles. The molecule has 0 unspecified atom stereocenters. The molecule has 1 atom stereocenters. The van der Waals surface area contributed by atoms with Crippen molar-refractivity contribution in [3.05, 3.63) is 52.4 Å². The van der Waals surface area contributed by atoms with E-state index in [0.717, 1.165) is 18.9 Å². The minimum Gasteiger partial charge on any atom is -0.490 e. The highest BCUT2D eigenvalue weighted by Crippen LogP contribution is 2.36. The predicted octanol–water partition coefficient (Wildman–Crippen LogP) is 6.97. The van der Waals surface area contributed by atoms with Crippen LogP contribution in [0.5, 0.6) is 5.75 Å². The minimum atomic E-state index is -4.31. The molecule has 1 aromatic heterocycles. The fourth-order valence-corrected chi connectivity index (χ4v) is 6.18. The molecule has 206 valence electrons. The van der Waals surface area contributed by atoms with Gasteiger partial charge in [-0.15, -0.1) is 0 Å². The van der Waals surface area contributed by atoms with Crippen LogP contribution in [0.25, 0.3) is 10.9 Å². The second-order valence-corrected chi connectivity index (χ2v) is 12.6. The van der Waals surface area contributed by atoms with Crippen molar-refractivity contribution < 1.29 is 27.1 Å². The molecule has 2 aromatic carbocycles. The number of amides is 1. The van der Waals surface area contributed by atoms with Gasteiger partial charge in [-0.05, 0) is 70.7 Å². The molecule has 0 aliphatic carbocycles. The van der Waals surface area contributed by atoms with Crippen LogP contribution in [0.15, 0.2) is 41.4 Å². The van der Waals surface area contributed by atoms with Gasteiger partial charge < -0.3 is 19.4 Å². The van der Waals surface area contributed by atoms with E-state index < -0.39 is 26.3 Å². The van der Waals surface area contributed by atoms with Crippen LogP contribution in [0.2, 0.25) is 10.0 Å². The Kier molecular flexibility index (Phi) is 8.34. The Morgan fingerprint density at radius 1 is 1.21 bits per heavy atom. The molecule has 12 heteroatoms. The molecule has 1 saturated heterocycles. The highest BCUT2D eigenvalue weighted by Gasteiger charge is 2.32. The average Bonchev–Trinajstić information content (AvgIpc) is 3.45. The summed E-state index contributed by atoms with van der Waals surface area (Å²) in [5.74, 6) is -1.17. The second-order valence-electron chi connectivity index (χ2n) is 10.1. The molecule has 1 fully saturated rings. The van der Waals surface area contributed by atoms with Gasteiger partial charge in [0, 0.05) is 24.2 Å². The van der Waals surface area contributed by atoms with Gasteiger partial charge in [0.1, 0.15) is 10.5 Å². The second kappa shape index (κ2) is 11.2. The molecular formula is C26H30Cl2FN3O5S. The van der Waals surface area contributed by atoms with Gasteiger partial charge in [-0.1, -0.05) is 29.3 Å². The molecule has 1 amide bonds. The Morgan fingerprint density at radius 3 is 2.71 bits per heavy atom. The van der Waals surface area contributed by atoms with Gasteiger partial charge in [0.25, 0.3) is 10.0 Å². The zero-order chi connectivity index (χ0) is 27.7. The summed E-state index contributed by atoms with van der Waals surface area (Å²) < 4.78 is 54.9. The first-order chi connectivity index (χ1) is 17.9. The summed E-state index contributed by atoms with van der Waals surface area (Å²) in [5, 5.41) is 1.14. The van der Waals surface area contributed by atoms with Crippen LogP contribution in [0.4, 0.5) is 14.9 Å². The van der Waals surface area contributed by atoms with E-state index in [1.165, 1.54) is 30.5 Å². The van der Waals surface area contributed by atoms with Crippen LogP contribution in [-0.4, -0.2) is 49.2 Å². The smallest absolute Gasteiger partial charge is 0.410 e. The molecule has 3 aromatic rings. The first-order valence-electron chi connectivity index (χ1n) is 12.3. The number of anilines is 1. The standard InChI is InChI=1S/C26H30Cl2FN3O5S/c1-26(2,3)37-25(33)32-13-5-7-16(32)8-6-14-36-20-9-4-10-21(23(20)29)38(34,35)31-19-12-11-17(27)22-18(28)15-30-24(19)22/h4,9-12,15-16,30-31H,5-8,13-14H2,1-3H3/t16-/m0/s1. The average molecular weight is 587 g/mol. The van der Waals surface area contributed by atoms with E-state index in [4.69, 9.17) is 32.7 Å². The number of ether oxygens (including phenoxy) is 2.